The lowest BCUT2D eigenvalue weighted by Crippen LogP contribution is -2.40. The van der Waals surface area contributed by atoms with E-state index in [0.29, 0.717) is 23.4 Å². The Morgan fingerprint density at radius 3 is 2.55 bits per heavy atom. The number of rotatable bonds is 5. The molecule has 20 heavy (non-hydrogen) atoms. The first kappa shape index (κ1) is 13.7. The average molecular weight is 275 g/mol. The molecule has 0 aliphatic carbocycles. The number of aliphatic carboxylic acids is 1. The van der Waals surface area contributed by atoms with Gasteiger partial charge < -0.3 is 14.8 Å². The number of benzene rings is 1. The van der Waals surface area contributed by atoms with Gasteiger partial charge in [0.1, 0.15) is 6.04 Å². The van der Waals surface area contributed by atoms with Crippen molar-refractivity contribution in [2.75, 3.05) is 0 Å². The van der Waals surface area contributed by atoms with Crippen molar-refractivity contribution in [3.63, 3.8) is 0 Å². The van der Waals surface area contributed by atoms with Gasteiger partial charge in [0.2, 0.25) is 12.3 Å². The summed E-state index contributed by atoms with van der Waals surface area (Å²) in [5.74, 6) is -1.13. The highest BCUT2D eigenvalue weighted by molar-refractivity contribution is 5.96. The third-order valence-electron chi connectivity index (χ3n) is 2.77. The molecule has 1 amide bonds. The molecule has 1 aromatic carbocycles. The Kier molecular flexibility index (Phi) is 4.09. The first-order chi connectivity index (χ1) is 9.61. The largest absolute Gasteiger partial charge is 0.480 e. The van der Waals surface area contributed by atoms with Crippen LogP contribution >= 0.6 is 0 Å². The summed E-state index contributed by atoms with van der Waals surface area (Å²) < 4.78 is 5.03. The van der Waals surface area contributed by atoms with E-state index >= 15 is 0 Å². The number of amides is 1. The molecule has 1 aromatic heterocycles. The van der Waals surface area contributed by atoms with Crippen LogP contribution in [0.15, 0.2) is 35.1 Å². The van der Waals surface area contributed by atoms with E-state index in [2.05, 4.69) is 15.5 Å². The van der Waals surface area contributed by atoms with E-state index in [1.165, 1.54) is 6.39 Å². The number of carbonyl (C=O) groups is 2. The smallest absolute Gasteiger partial charge is 0.326 e. The molecule has 0 bridgehead atoms. The number of nitrogens with one attached hydrogen (secondary N) is 1. The van der Waals surface area contributed by atoms with Crippen molar-refractivity contribution >= 4 is 11.9 Å². The predicted molar refractivity (Wildman–Crippen MR) is 68.9 cm³/mol. The van der Waals surface area contributed by atoms with Crippen molar-refractivity contribution in [1.29, 1.82) is 0 Å². The fourth-order valence-electron chi connectivity index (χ4n) is 1.64. The van der Waals surface area contributed by atoms with Crippen molar-refractivity contribution in [3.05, 3.63) is 36.2 Å². The number of hydrogen-bond donors (Lipinski definition) is 2. The van der Waals surface area contributed by atoms with Gasteiger partial charge in [0, 0.05) is 11.1 Å². The minimum Gasteiger partial charge on any atom is -0.480 e. The molecule has 104 valence electrons. The lowest BCUT2D eigenvalue weighted by atomic mass is 10.1. The van der Waals surface area contributed by atoms with E-state index in [-0.39, 0.29) is 0 Å². The molecule has 1 heterocycles. The Morgan fingerprint density at radius 1 is 1.35 bits per heavy atom. The highest BCUT2D eigenvalue weighted by Gasteiger charge is 2.18. The van der Waals surface area contributed by atoms with Gasteiger partial charge in [-0.25, -0.2) is 4.79 Å². The first-order valence-corrected chi connectivity index (χ1v) is 6.02. The number of carboxylic acid groups (broad SMARTS) is 1. The second-order valence-electron chi connectivity index (χ2n) is 4.09. The van der Waals surface area contributed by atoms with Crippen molar-refractivity contribution < 1.29 is 19.1 Å². The fraction of sp³-hybridized carbons (Fsp3) is 0.231. The molecule has 0 saturated carbocycles. The lowest BCUT2D eigenvalue weighted by Gasteiger charge is -2.12. The van der Waals surface area contributed by atoms with E-state index in [9.17, 15) is 9.59 Å². The maximum Gasteiger partial charge on any atom is 0.326 e. The van der Waals surface area contributed by atoms with Crippen LogP contribution in [0.5, 0.6) is 0 Å². The number of aromatic nitrogens is 2. The van der Waals surface area contributed by atoms with Gasteiger partial charge in [-0.15, -0.1) is 10.2 Å². The van der Waals surface area contributed by atoms with Crippen molar-refractivity contribution in [2.24, 2.45) is 0 Å². The van der Waals surface area contributed by atoms with Crippen LogP contribution in [-0.4, -0.2) is 33.2 Å². The van der Waals surface area contributed by atoms with Crippen LogP contribution in [0.1, 0.15) is 23.7 Å². The number of carboxylic acids is 1. The van der Waals surface area contributed by atoms with Gasteiger partial charge in [0.25, 0.3) is 5.91 Å². The van der Waals surface area contributed by atoms with E-state index in [4.69, 9.17) is 9.52 Å². The number of hydrogen-bond acceptors (Lipinski definition) is 5. The molecule has 7 heteroatoms. The van der Waals surface area contributed by atoms with Crippen molar-refractivity contribution in [3.8, 4) is 11.5 Å². The van der Waals surface area contributed by atoms with E-state index in [0.717, 1.165) is 0 Å². The van der Waals surface area contributed by atoms with Gasteiger partial charge in [-0.3, -0.25) is 4.79 Å². The van der Waals surface area contributed by atoms with Crippen LogP contribution in [0.4, 0.5) is 0 Å². The predicted octanol–water partition coefficient (Wildman–Crippen LogP) is 1.33. The number of nitrogens with zero attached hydrogens (tertiary/aromatic N) is 2. The second kappa shape index (κ2) is 5.96. The zero-order valence-electron chi connectivity index (χ0n) is 10.7. The topological polar surface area (TPSA) is 105 Å². The molecule has 1 atom stereocenters. The van der Waals surface area contributed by atoms with Crippen LogP contribution in [0.3, 0.4) is 0 Å². The fourth-order valence-corrected chi connectivity index (χ4v) is 1.64. The SMILES string of the molecule is CC[C@@H](NC(=O)c1ccc(-c2nnco2)cc1)C(=O)O. The van der Waals surface area contributed by atoms with Gasteiger partial charge in [-0.1, -0.05) is 6.92 Å². The third kappa shape index (κ3) is 3.00. The summed E-state index contributed by atoms with van der Waals surface area (Å²) in [5.41, 5.74) is 1.05. The molecule has 2 aromatic rings. The van der Waals surface area contributed by atoms with Gasteiger partial charge >= 0.3 is 5.97 Å². The van der Waals surface area contributed by atoms with Crippen molar-refractivity contribution in [1.82, 2.24) is 15.5 Å². The average Bonchev–Trinajstić information content (AvgIpc) is 2.98. The van der Waals surface area contributed by atoms with E-state index < -0.39 is 17.9 Å². The lowest BCUT2D eigenvalue weighted by molar-refractivity contribution is -0.139. The van der Waals surface area contributed by atoms with E-state index in [1.54, 1.807) is 31.2 Å². The molecule has 0 unspecified atom stereocenters. The Hall–Kier alpha value is -2.70. The zero-order valence-corrected chi connectivity index (χ0v) is 10.7. The van der Waals surface area contributed by atoms with Crippen molar-refractivity contribution in [2.45, 2.75) is 19.4 Å². The van der Waals surface area contributed by atoms with Crippen LogP contribution in [0.2, 0.25) is 0 Å². The quantitative estimate of drug-likeness (QED) is 0.852. The van der Waals surface area contributed by atoms with Gasteiger partial charge in [-0.05, 0) is 30.7 Å². The normalized spacial score (nSPS) is 11.8. The van der Waals surface area contributed by atoms with Crippen LogP contribution < -0.4 is 5.32 Å². The molecule has 0 radical (unpaired) electrons. The Balaban J connectivity index is 2.10. The maximum atomic E-state index is 11.9. The van der Waals surface area contributed by atoms with Gasteiger partial charge in [0.05, 0.1) is 0 Å². The zero-order chi connectivity index (χ0) is 14.5. The number of carbonyl (C=O) groups excluding carboxylic acids is 1. The summed E-state index contributed by atoms with van der Waals surface area (Å²) in [6.07, 6.45) is 1.54. The molecule has 7 nitrogen and oxygen atoms in total. The molecule has 0 saturated heterocycles. The first-order valence-electron chi connectivity index (χ1n) is 6.02. The highest BCUT2D eigenvalue weighted by atomic mass is 16.4. The molecule has 0 spiro atoms. The molecule has 0 fully saturated rings. The summed E-state index contributed by atoms with van der Waals surface area (Å²) in [6.45, 7) is 1.69. The molecule has 2 N–H and O–H groups in total. The maximum absolute atomic E-state index is 11.9. The second-order valence-corrected chi connectivity index (χ2v) is 4.09. The molecule has 2 rings (SSSR count). The van der Waals surface area contributed by atoms with Gasteiger partial charge in [-0.2, -0.15) is 0 Å². The summed E-state index contributed by atoms with van der Waals surface area (Å²) in [4.78, 5) is 22.8. The Bertz CT molecular complexity index is 593. The Morgan fingerprint density at radius 2 is 2.05 bits per heavy atom. The Labute approximate surface area is 114 Å². The monoisotopic (exact) mass is 275 g/mol. The minimum atomic E-state index is -1.05. The third-order valence-corrected chi connectivity index (χ3v) is 2.77. The van der Waals surface area contributed by atoms with Crippen LogP contribution in [0.25, 0.3) is 11.5 Å². The van der Waals surface area contributed by atoms with Gasteiger partial charge in [0.15, 0.2) is 0 Å². The summed E-state index contributed by atoms with van der Waals surface area (Å²) in [5, 5.41) is 18.7. The molecule has 0 aliphatic heterocycles. The summed E-state index contributed by atoms with van der Waals surface area (Å²) >= 11 is 0. The summed E-state index contributed by atoms with van der Waals surface area (Å²) in [6, 6.07) is 5.57. The van der Waals surface area contributed by atoms with E-state index in [1.807, 2.05) is 0 Å². The molecule has 0 aliphatic rings. The molecular formula is C13H13N3O4. The highest BCUT2D eigenvalue weighted by Crippen LogP contribution is 2.16. The minimum absolute atomic E-state index is 0.321. The summed E-state index contributed by atoms with van der Waals surface area (Å²) in [7, 11) is 0. The standard InChI is InChI=1S/C13H13N3O4/c1-2-10(13(18)19)15-11(17)8-3-5-9(6-4-8)12-16-14-7-20-12/h3-7,10H,2H2,1H3,(H,15,17)(H,18,19)/t10-/m1/s1. The van der Waals surface area contributed by atoms with Crippen LogP contribution in [0, 0.1) is 0 Å². The molecular weight excluding hydrogens is 262 g/mol. The van der Waals surface area contributed by atoms with Crippen LogP contribution in [-0.2, 0) is 4.79 Å².